The van der Waals surface area contributed by atoms with Gasteiger partial charge >= 0.3 is 5.97 Å². The Morgan fingerprint density at radius 3 is 2.77 bits per heavy atom. The van der Waals surface area contributed by atoms with Crippen LogP contribution in [0.4, 0.5) is 0 Å². The first kappa shape index (κ1) is 14.7. The van der Waals surface area contributed by atoms with Gasteiger partial charge in [0.2, 0.25) is 12.5 Å². The van der Waals surface area contributed by atoms with E-state index in [1.54, 1.807) is 6.07 Å². The number of carbonyl (C=O) groups is 1. The van der Waals surface area contributed by atoms with Crippen molar-refractivity contribution in [3.8, 4) is 17.2 Å². The quantitative estimate of drug-likeness (QED) is 0.776. The third-order valence-corrected chi connectivity index (χ3v) is 3.98. The van der Waals surface area contributed by atoms with Crippen molar-refractivity contribution in [1.29, 1.82) is 0 Å². The van der Waals surface area contributed by atoms with Crippen LogP contribution in [-0.2, 0) is 11.3 Å². The first-order valence-corrected chi connectivity index (χ1v) is 7.37. The van der Waals surface area contributed by atoms with Crippen molar-refractivity contribution >= 4 is 21.9 Å². The van der Waals surface area contributed by atoms with Crippen LogP contribution in [0.3, 0.4) is 0 Å². The van der Waals surface area contributed by atoms with Crippen molar-refractivity contribution < 1.29 is 23.7 Å². The SMILES string of the molecule is COC(=O)c1cc2c(c(OCc3ccccc3)c1Br)OCO2. The molecule has 0 aromatic heterocycles. The lowest BCUT2D eigenvalue weighted by atomic mass is 10.2. The number of carbonyl (C=O) groups excluding carboxylic acids is 1. The molecule has 0 N–H and O–H groups in total. The van der Waals surface area contributed by atoms with E-state index in [0.29, 0.717) is 33.9 Å². The Morgan fingerprint density at radius 1 is 1.27 bits per heavy atom. The van der Waals surface area contributed by atoms with Gasteiger partial charge < -0.3 is 18.9 Å². The summed E-state index contributed by atoms with van der Waals surface area (Å²) in [5.41, 5.74) is 1.33. The maximum absolute atomic E-state index is 11.9. The summed E-state index contributed by atoms with van der Waals surface area (Å²) in [5.74, 6) is 0.899. The molecule has 6 heteroatoms. The highest BCUT2D eigenvalue weighted by atomic mass is 79.9. The number of hydrogen-bond acceptors (Lipinski definition) is 5. The molecular weight excluding hydrogens is 352 g/mol. The fraction of sp³-hybridized carbons (Fsp3) is 0.188. The second kappa shape index (κ2) is 6.27. The Labute approximate surface area is 135 Å². The van der Waals surface area contributed by atoms with E-state index in [1.807, 2.05) is 30.3 Å². The van der Waals surface area contributed by atoms with E-state index in [4.69, 9.17) is 18.9 Å². The molecule has 0 aliphatic carbocycles. The van der Waals surface area contributed by atoms with Crippen molar-refractivity contribution in [2.24, 2.45) is 0 Å². The highest BCUT2D eigenvalue weighted by Gasteiger charge is 2.27. The second-order valence-corrected chi connectivity index (χ2v) is 5.36. The van der Waals surface area contributed by atoms with E-state index in [1.165, 1.54) is 7.11 Å². The monoisotopic (exact) mass is 364 g/mol. The van der Waals surface area contributed by atoms with Crippen molar-refractivity contribution in [1.82, 2.24) is 0 Å². The number of ether oxygens (including phenoxy) is 4. The molecule has 0 amide bonds. The van der Waals surface area contributed by atoms with Crippen LogP contribution < -0.4 is 14.2 Å². The van der Waals surface area contributed by atoms with Crippen LogP contribution in [0.25, 0.3) is 0 Å². The number of hydrogen-bond donors (Lipinski definition) is 0. The summed E-state index contributed by atoms with van der Waals surface area (Å²) < 4.78 is 21.9. The highest BCUT2D eigenvalue weighted by Crippen LogP contribution is 2.47. The number of halogens is 1. The summed E-state index contributed by atoms with van der Waals surface area (Å²) in [6.45, 7) is 0.438. The first-order chi connectivity index (χ1) is 10.7. The Bertz CT molecular complexity index is 699. The van der Waals surface area contributed by atoms with Gasteiger partial charge in [0.25, 0.3) is 0 Å². The molecule has 0 spiro atoms. The molecule has 0 bridgehead atoms. The molecule has 1 heterocycles. The largest absolute Gasteiger partial charge is 0.484 e. The summed E-state index contributed by atoms with van der Waals surface area (Å²) in [4.78, 5) is 11.9. The standard InChI is InChI=1S/C16H13BrO5/c1-19-16(18)11-7-12-14(22-9-21-12)15(13(11)17)20-8-10-5-3-2-4-6-10/h2-7H,8-9H2,1H3. The lowest BCUT2D eigenvalue weighted by molar-refractivity contribution is 0.0598. The Balaban J connectivity index is 1.95. The fourth-order valence-corrected chi connectivity index (χ4v) is 2.68. The molecule has 0 saturated carbocycles. The van der Waals surface area contributed by atoms with Gasteiger partial charge in [-0.15, -0.1) is 0 Å². The van der Waals surface area contributed by atoms with Crippen LogP contribution in [0, 0.1) is 0 Å². The first-order valence-electron chi connectivity index (χ1n) is 6.58. The third-order valence-electron chi connectivity index (χ3n) is 3.19. The Morgan fingerprint density at radius 2 is 2.05 bits per heavy atom. The molecule has 5 nitrogen and oxygen atoms in total. The van der Waals surface area contributed by atoms with Gasteiger partial charge in [0, 0.05) is 6.07 Å². The van der Waals surface area contributed by atoms with E-state index >= 15 is 0 Å². The normalized spacial score (nSPS) is 12.1. The smallest absolute Gasteiger partial charge is 0.339 e. The zero-order chi connectivity index (χ0) is 15.5. The maximum Gasteiger partial charge on any atom is 0.339 e. The van der Waals surface area contributed by atoms with Gasteiger partial charge in [-0.2, -0.15) is 0 Å². The average molecular weight is 365 g/mol. The van der Waals surface area contributed by atoms with E-state index in [0.717, 1.165) is 5.56 Å². The van der Waals surface area contributed by atoms with Crippen LogP contribution in [0.5, 0.6) is 17.2 Å². The van der Waals surface area contributed by atoms with Gasteiger partial charge in [0.15, 0.2) is 11.5 Å². The zero-order valence-electron chi connectivity index (χ0n) is 11.8. The van der Waals surface area contributed by atoms with E-state index in [9.17, 15) is 4.79 Å². The van der Waals surface area contributed by atoms with Gasteiger partial charge in [0.05, 0.1) is 17.1 Å². The Kier molecular flexibility index (Phi) is 4.20. The van der Waals surface area contributed by atoms with Gasteiger partial charge in [0.1, 0.15) is 6.61 Å². The minimum Gasteiger partial charge on any atom is -0.484 e. The molecule has 0 atom stereocenters. The zero-order valence-corrected chi connectivity index (χ0v) is 13.4. The molecule has 0 fully saturated rings. The molecule has 2 aromatic carbocycles. The molecular formula is C16H13BrO5. The fourth-order valence-electron chi connectivity index (χ4n) is 2.11. The van der Waals surface area contributed by atoms with Crippen molar-refractivity contribution in [3.63, 3.8) is 0 Å². The minimum absolute atomic E-state index is 0.0914. The van der Waals surface area contributed by atoms with Gasteiger partial charge in [-0.1, -0.05) is 30.3 Å². The van der Waals surface area contributed by atoms with Crippen LogP contribution in [0.2, 0.25) is 0 Å². The van der Waals surface area contributed by atoms with E-state index < -0.39 is 5.97 Å². The van der Waals surface area contributed by atoms with Crippen LogP contribution >= 0.6 is 15.9 Å². The third kappa shape index (κ3) is 2.74. The molecule has 114 valence electrons. The molecule has 2 aromatic rings. The molecule has 1 aliphatic rings. The number of methoxy groups -OCH3 is 1. The van der Waals surface area contributed by atoms with Crippen molar-refractivity contribution in [3.05, 3.63) is 52.0 Å². The van der Waals surface area contributed by atoms with Crippen LogP contribution in [-0.4, -0.2) is 19.9 Å². The van der Waals surface area contributed by atoms with Crippen LogP contribution in [0.15, 0.2) is 40.9 Å². The minimum atomic E-state index is -0.477. The Hall–Kier alpha value is -2.21. The lowest BCUT2D eigenvalue weighted by Gasteiger charge is -2.13. The molecule has 1 aliphatic heterocycles. The summed E-state index contributed by atoms with van der Waals surface area (Å²) in [7, 11) is 1.32. The maximum atomic E-state index is 11.9. The molecule has 3 rings (SSSR count). The highest BCUT2D eigenvalue weighted by molar-refractivity contribution is 9.10. The summed E-state index contributed by atoms with van der Waals surface area (Å²) >= 11 is 3.39. The summed E-state index contributed by atoms with van der Waals surface area (Å²) in [6.07, 6.45) is 0. The topological polar surface area (TPSA) is 54.0 Å². The summed E-state index contributed by atoms with van der Waals surface area (Å²) in [5, 5.41) is 0. The van der Waals surface area contributed by atoms with Gasteiger partial charge in [-0.3, -0.25) is 0 Å². The molecule has 0 radical (unpaired) electrons. The van der Waals surface area contributed by atoms with E-state index in [-0.39, 0.29) is 6.79 Å². The number of benzene rings is 2. The molecule has 22 heavy (non-hydrogen) atoms. The number of rotatable bonds is 4. The second-order valence-electron chi connectivity index (χ2n) is 4.57. The predicted molar refractivity (Wildman–Crippen MR) is 82.4 cm³/mol. The average Bonchev–Trinajstić information content (AvgIpc) is 3.02. The number of fused-ring (bicyclic) bond motifs is 1. The summed E-state index contributed by atoms with van der Waals surface area (Å²) in [6, 6.07) is 11.3. The predicted octanol–water partition coefficient (Wildman–Crippen LogP) is 3.54. The van der Waals surface area contributed by atoms with Crippen LogP contribution in [0.1, 0.15) is 15.9 Å². The van der Waals surface area contributed by atoms with Gasteiger partial charge in [-0.05, 0) is 21.5 Å². The van der Waals surface area contributed by atoms with Gasteiger partial charge in [-0.25, -0.2) is 4.79 Å². The van der Waals surface area contributed by atoms with E-state index in [2.05, 4.69) is 15.9 Å². The molecule has 0 unspecified atom stereocenters. The molecule has 0 saturated heterocycles. The van der Waals surface area contributed by atoms with Crippen molar-refractivity contribution in [2.45, 2.75) is 6.61 Å². The van der Waals surface area contributed by atoms with Crippen molar-refractivity contribution in [2.75, 3.05) is 13.9 Å². The lowest BCUT2D eigenvalue weighted by Crippen LogP contribution is -2.05. The number of esters is 1.